The number of hydrogen-bond donors (Lipinski definition) is 3. The Morgan fingerprint density at radius 2 is 2.06 bits per heavy atom. The number of nitrogens with one attached hydrogen (secondary N) is 2. The molecule has 1 aliphatic heterocycles. The lowest BCUT2D eigenvalue weighted by atomic mass is 10.1. The summed E-state index contributed by atoms with van der Waals surface area (Å²) in [6.45, 7) is 6.09. The molecule has 1 fully saturated rings. The summed E-state index contributed by atoms with van der Waals surface area (Å²) in [7, 11) is 0. The molecule has 0 aromatic heterocycles. The fourth-order valence-electron chi connectivity index (χ4n) is 1.95. The number of hydrazine groups is 1. The second-order valence-electron chi connectivity index (χ2n) is 4.22. The molecule has 0 bridgehead atoms. The van der Waals surface area contributed by atoms with Crippen LogP contribution in [0.1, 0.15) is 33.1 Å². The minimum Gasteiger partial charge on any atom is -0.344 e. The van der Waals surface area contributed by atoms with E-state index in [-0.39, 0.29) is 11.9 Å². The third kappa shape index (κ3) is 4.22. The van der Waals surface area contributed by atoms with E-state index in [1.165, 1.54) is 6.42 Å². The Bertz CT molecular complexity index is 273. The first kappa shape index (κ1) is 13.8. The first-order valence-electron chi connectivity index (χ1n) is 6.25. The molecule has 1 atom stereocenters. The van der Waals surface area contributed by atoms with Crippen molar-refractivity contribution in [2.24, 2.45) is 10.8 Å². The van der Waals surface area contributed by atoms with Crippen molar-refractivity contribution in [1.82, 2.24) is 15.6 Å². The van der Waals surface area contributed by atoms with Gasteiger partial charge in [-0.1, -0.05) is 0 Å². The van der Waals surface area contributed by atoms with Crippen molar-refractivity contribution in [3.63, 3.8) is 0 Å². The normalized spacial score (nSPS) is 18.8. The zero-order chi connectivity index (χ0) is 12.7. The summed E-state index contributed by atoms with van der Waals surface area (Å²) in [4.78, 5) is 18.1. The predicted octanol–water partition coefficient (Wildman–Crippen LogP) is -0.184. The predicted molar refractivity (Wildman–Crippen MR) is 68.3 cm³/mol. The summed E-state index contributed by atoms with van der Waals surface area (Å²) >= 11 is 0. The zero-order valence-electron chi connectivity index (χ0n) is 10.7. The first-order valence-corrected chi connectivity index (χ1v) is 6.25. The van der Waals surface area contributed by atoms with Gasteiger partial charge in [-0.2, -0.15) is 0 Å². The molecule has 6 heteroatoms. The average Bonchev–Trinajstić information content (AvgIpc) is 2.38. The third-order valence-electron chi connectivity index (χ3n) is 2.84. The largest absolute Gasteiger partial charge is 0.344 e. The number of hydrogen-bond acceptors (Lipinski definition) is 3. The highest BCUT2D eigenvalue weighted by molar-refractivity contribution is 5.88. The molecule has 4 N–H and O–H groups in total. The lowest BCUT2D eigenvalue weighted by Crippen LogP contribution is -2.52. The van der Waals surface area contributed by atoms with Crippen LogP contribution in [0.25, 0.3) is 0 Å². The number of carbonyl (C=O) groups excluding carboxylic acids is 1. The average molecular weight is 241 g/mol. The second-order valence-corrected chi connectivity index (χ2v) is 4.22. The number of carbonyl (C=O) groups is 1. The van der Waals surface area contributed by atoms with Crippen LogP contribution in [0.4, 0.5) is 0 Å². The van der Waals surface area contributed by atoms with Crippen LogP contribution in [0, 0.1) is 0 Å². The molecule has 6 nitrogen and oxygen atoms in total. The van der Waals surface area contributed by atoms with Crippen LogP contribution in [-0.2, 0) is 4.79 Å². The van der Waals surface area contributed by atoms with Crippen LogP contribution >= 0.6 is 0 Å². The van der Waals surface area contributed by atoms with E-state index in [2.05, 4.69) is 15.7 Å². The molecule has 98 valence electrons. The van der Waals surface area contributed by atoms with Gasteiger partial charge < -0.3 is 10.2 Å². The quantitative estimate of drug-likeness (QED) is 0.277. The standard InChI is InChI=1S/C11H23N5O/c1-3-13-11(15-12)14-9(2)10(17)16-7-5-4-6-8-16/h9H,3-8,12H2,1-2H3,(H2,13,14,15). The number of guanidine groups is 1. The van der Waals surface area contributed by atoms with Gasteiger partial charge >= 0.3 is 0 Å². The first-order chi connectivity index (χ1) is 8.19. The Kier molecular flexibility index (Phi) is 5.76. The molecule has 0 spiro atoms. The van der Waals surface area contributed by atoms with E-state index in [1.54, 1.807) is 0 Å². The number of nitrogens with two attached hydrogens (primary N) is 1. The molecule has 0 radical (unpaired) electrons. The number of rotatable bonds is 3. The highest BCUT2D eigenvalue weighted by Crippen LogP contribution is 2.09. The van der Waals surface area contributed by atoms with Gasteiger partial charge in [0.15, 0.2) is 0 Å². The SMILES string of the molecule is CCN=C(NN)NC(C)C(=O)N1CCCCC1. The number of likely N-dealkylation sites (tertiary alicyclic amines) is 1. The summed E-state index contributed by atoms with van der Waals surface area (Å²) < 4.78 is 0. The van der Waals surface area contributed by atoms with Crippen LogP contribution in [0.3, 0.4) is 0 Å². The molecule has 1 heterocycles. The summed E-state index contributed by atoms with van der Waals surface area (Å²) in [5.41, 5.74) is 2.46. The number of piperidine rings is 1. The van der Waals surface area contributed by atoms with E-state index in [0.29, 0.717) is 12.5 Å². The van der Waals surface area contributed by atoms with Crippen molar-refractivity contribution >= 4 is 11.9 Å². The van der Waals surface area contributed by atoms with Gasteiger partial charge in [-0.05, 0) is 33.1 Å². The number of nitrogens with zero attached hydrogens (tertiary/aromatic N) is 2. The Hall–Kier alpha value is -1.30. The smallest absolute Gasteiger partial charge is 0.244 e. The minimum absolute atomic E-state index is 0.115. The Morgan fingerprint density at radius 3 is 2.59 bits per heavy atom. The number of amides is 1. The van der Waals surface area contributed by atoms with Gasteiger partial charge in [-0.25, -0.2) is 5.84 Å². The van der Waals surface area contributed by atoms with Gasteiger partial charge in [0.05, 0.1) is 0 Å². The van der Waals surface area contributed by atoms with Gasteiger partial charge in [0, 0.05) is 19.6 Å². The molecule has 1 unspecified atom stereocenters. The topological polar surface area (TPSA) is 82.7 Å². The molecular weight excluding hydrogens is 218 g/mol. The summed E-state index contributed by atoms with van der Waals surface area (Å²) in [6, 6.07) is -0.297. The van der Waals surface area contributed by atoms with Crippen molar-refractivity contribution in [1.29, 1.82) is 0 Å². The van der Waals surface area contributed by atoms with Crippen LogP contribution in [0.2, 0.25) is 0 Å². The van der Waals surface area contributed by atoms with Crippen LogP contribution in [0.5, 0.6) is 0 Å². The molecule has 0 aromatic rings. The summed E-state index contributed by atoms with van der Waals surface area (Å²) in [5, 5.41) is 2.99. The maximum atomic E-state index is 12.1. The van der Waals surface area contributed by atoms with Gasteiger partial charge in [-0.3, -0.25) is 15.2 Å². The summed E-state index contributed by atoms with van der Waals surface area (Å²) in [5.74, 6) is 5.90. The third-order valence-corrected chi connectivity index (χ3v) is 2.84. The molecule has 0 saturated carbocycles. The Labute approximate surface area is 103 Å². The lowest BCUT2D eigenvalue weighted by Gasteiger charge is -2.29. The zero-order valence-corrected chi connectivity index (χ0v) is 10.7. The molecule has 1 rings (SSSR count). The fourth-order valence-corrected chi connectivity index (χ4v) is 1.95. The molecule has 1 saturated heterocycles. The molecule has 0 aliphatic carbocycles. The highest BCUT2D eigenvalue weighted by Gasteiger charge is 2.22. The van der Waals surface area contributed by atoms with E-state index in [1.807, 2.05) is 18.7 Å². The van der Waals surface area contributed by atoms with E-state index >= 15 is 0 Å². The monoisotopic (exact) mass is 241 g/mol. The van der Waals surface area contributed by atoms with E-state index in [0.717, 1.165) is 25.9 Å². The van der Waals surface area contributed by atoms with E-state index in [4.69, 9.17) is 5.84 Å². The molecule has 0 aromatic carbocycles. The maximum absolute atomic E-state index is 12.1. The highest BCUT2D eigenvalue weighted by atomic mass is 16.2. The van der Waals surface area contributed by atoms with Crippen molar-refractivity contribution in [3.8, 4) is 0 Å². The van der Waals surface area contributed by atoms with Gasteiger partial charge in [0.25, 0.3) is 0 Å². The van der Waals surface area contributed by atoms with Crippen molar-refractivity contribution in [2.75, 3.05) is 19.6 Å². The molecule has 1 amide bonds. The van der Waals surface area contributed by atoms with Crippen LogP contribution in [0.15, 0.2) is 4.99 Å². The lowest BCUT2D eigenvalue weighted by molar-refractivity contribution is -0.133. The Balaban J connectivity index is 2.47. The fraction of sp³-hybridized carbons (Fsp3) is 0.818. The molecular formula is C11H23N5O. The van der Waals surface area contributed by atoms with Crippen molar-refractivity contribution in [2.45, 2.75) is 39.2 Å². The van der Waals surface area contributed by atoms with Gasteiger partial charge in [0.1, 0.15) is 6.04 Å². The van der Waals surface area contributed by atoms with Gasteiger partial charge in [-0.15, -0.1) is 0 Å². The van der Waals surface area contributed by atoms with E-state index < -0.39 is 0 Å². The van der Waals surface area contributed by atoms with E-state index in [9.17, 15) is 4.79 Å². The molecule has 17 heavy (non-hydrogen) atoms. The summed E-state index contributed by atoms with van der Waals surface area (Å²) in [6.07, 6.45) is 3.42. The van der Waals surface area contributed by atoms with Crippen molar-refractivity contribution in [3.05, 3.63) is 0 Å². The minimum atomic E-state index is -0.297. The van der Waals surface area contributed by atoms with Crippen LogP contribution < -0.4 is 16.6 Å². The Morgan fingerprint density at radius 1 is 1.41 bits per heavy atom. The van der Waals surface area contributed by atoms with Crippen molar-refractivity contribution < 1.29 is 4.79 Å². The number of aliphatic imine (C=N–C) groups is 1. The maximum Gasteiger partial charge on any atom is 0.244 e. The second kappa shape index (κ2) is 7.11. The molecule has 1 aliphatic rings. The van der Waals surface area contributed by atoms with Crippen LogP contribution in [-0.4, -0.2) is 42.4 Å². The van der Waals surface area contributed by atoms with Gasteiger partial charge in [0.2, 0.25) is 11.9 Å².